The highest BCUT2D eigenvalue weighted by atomic mass is 16.5. The lowest BCUT2D eigenvalue weighted by Crippen LogP contribution is -2.09. The summed E-state index contributed by atoms with van der Waals surface area (Å²) in [6.07, 6.45) is 1.47. The first-order chi connectivity index (χ1) is 12.7. The molecular weight excluding hydrogens is 324 g/mol. The molecule has 0 aliphatic rings. The van der Waals surface area contributed by atoms with Gasteiger partial charge in [-0.3, -0.25) is 0 Å². The fourth-order valence-electron chi connectivity index (χ4n) is 2.49. The van der Waals surface area contributed by atoms with E-state index in [4.69, 9.17) is 9.47 Å². The van der Waals surface area contributed by atoms with Crippen molar-refractivity contribution in [1.82, 2.24) is 0 Å². The van der Waals surface area contributed by atoms with Gasteiger partial charge >= 0.3 is 0 Å². The zero-order chi connectivity index (χ0) is 18.2. The van der Waals surface area contributed by atoms with Gasteiger partial charge in [-0.15, -0.1) is 0 Å². The van der Waals surface area contributed by atoms with Crippen molar-refractivity contribution in [3.05, 3.63) is 83.9 Å². The Kier molecular flexibility index (Phi) is 5.88. The molecule has 4 heteroatoms. The molecule has 3 aromatic rings. The molecule has 0 aliphatic carbocycles. The third-order valence-corrected chi connectivity index (χ3v) is 3.91. The first-order valence-electron chi connectivity index (χ1n) is 8.49. The second-order valence-corrected chi connectivity index (χ2v) is 5.90. The van der Waals surface area contributed by atoms with Gasteiger partial charge in [-0.2, -0.15) is 0 Å². The zero-order valence-electron chi connectivity index (χ0n) is 15.0. The number of anilines is 1. The van der Waals surface area contributed by atoms with Crippen LogP contribution in [-0.2, 0) is 0 Å². The Morgan fingerprint density at radius 2 is 1.50 bits per heavy atom. The molecule has 0 aliphatic heterocycles. The Labute approximate surface area is 154 Å². The first kappa shape index (κ1) is 17.5. The molecule has 0 fully saturated rings. The lowest BCUT2D eigenvalue weighted by Gasteiger charge is -2.13. The molecule has 0 spiro atoms. The zero-order valence-corrected chi connectivity index (χ0v) is 15.0. The van der Waals surface area contributed by atoms with Crippen molar-refractivity contribution in [2.45, 2.75) is 13.8 Å². The molecule has 3 aromatic carbocycles. The lowest BCUT2D eigenvalue weighted by atomic mass is 10.1. The van der Waals surface area contributed by atoms with Crippen LogP contribution in [0.1, 0.15) is 11.1 Å². The standard InChI is InChI=1S/C22H22N2O2/c1-17-13-22(24-16-26-20-11-7-4-8-12-20)18(2)14-21(17)23-15-25-19-9-5-3-6-10-19/h3-15,24H,16H2,1-2H3/b23-15-. The van der Waals surface area contributed by atoms with E-state index >= 15 is 0 Å². The summed E-state index contributed by atoms with van der Waals surface area (Å²) in [6, 6.07) is 23.4. The first-order valence-corrected chi connectivity index (χ1v) is 8.49. The van der Waals surface area contributed by atoms with Crippen LogP contribution in [0.3, 0.4) is 0 Å². The summed E-state index contributed by atoms with van der Waals surface area (Å²) < 4.78 is 11.2. The minimum absolute atomic E-state index is 0.407. The van der Waals surface area contributed by atoms with E-state index in [1.165, 1.54) is 6.40 Å². The Morgan fingerprint density at radius 3 is 2.19 bits per heavy atom. The Hall–Kier alpha value is -3.27. The fraction of sp³-hybridized carbons (Fsp3) is 0.136. The molecule has 4 nitrogen and oxygen atoms in total. The predicted molar refractivity (Wildman–Crippen MR) is 107 cm³/mol. The van der Waals surface area contributed by atoms with Crippen LogP contribution in [0.2, 0.25) is 0 Å². The van der Waals surface area contributed by atoms with Crippen molar-refractivity contribution < 1.29 is 9.47 Å². The highest BCUT2D eigenvalue weighted by Crippen LogP contribution is 2.26. The van der Waals surface area contributed by atoms with Gasteiger partial charge < -0.3 is 14.8 Å². The third kappa shape index (κ3) is 4.86. The Bertz CT molecular complexity index is 862. The molecule has 0 aromatic heterocycles. The summed E-state index contributed by atoms with van der Waals surface area (Å²) in [5, 5.41) is 3.31. The van der Waals surface area contributed by atoms with Crippen molar-refractivity contribution >= 4 is 17.8 Å². The van der Waals surface area contributed by atoms with E-state index in [1.54, 1.807) is 0 Å². The molecule has 0 bridgehead atoms. The fourth-order valence-corrected chi connectivity index (χ4v) is 2.49. The Balaban J connectivity index is 1.60. The van der Waals surface area contributed by atoms with E-state index in [-0.39, 0.29) is 0 Å². The average Bonchev–Trinajstić information content (AvgIpc) is 2.67. The van der Waals surface area contributed by atoms with Crippen molar-refractivity contribution in [3.63, 3.8) is 0 Å². The van der Waals surface area contributed by atoms with Gasteiger partial charge in [-0.05, 0) is 61.4 Å². The van der Waals surface area contributed by atoms with Gasteiger partial charge in [0.05, 0.1) is 5.69 Å². The molecule has 0 heterocycles. The SMILES string of the molecule is Cc1cc(NCOc2ccccc2)c(C)cc1/N=C\Oc1ccccc1. The van der Waals surface area contributed by atoms with Crippen LogP contribution >= 0.6 is 0 Å². The van der Waals surface area contributed by atoms with Gasteiger partial charge in [-0.25, -0.2) is 4.99 Å². The molecule has 0 saturated carbocycles. The molecule has 0 unspecified atom stereocenters. The van der Waals surface area contributed by atoms with Gasteiger partial charge in [0.1, 0.15) is 11.5 Å². The summed E-state index contributed by atoms with van der Waals surface area (Å²) in [6.45, 7) is 4.48. The molecule has 0 atom stereocenters. The van der Waals surface area contributed by atoms with E-state index in [9.17, 15) is 0 Å². The normalized spacial score (nSPS) is 10.7. The molecular formula is C22H22N2O2. The number of nitrogens with zero attached hydrogens (tertiary/aromatic N) is 1. The summed E-state index contributed by atoms with van der Waals surface area (Å²) in [7, 11) is 0. The quantitative estimate of drug-likeness (QED) is 0.349. The number of ether oxygens (including phenoxy) is 2. The summed E-state index contributed by atoms with van der Waals surface area (Å²) >= 11 is 0. The molecule has 0 amide bonds. The summed E-state index contributed by atoms with van der Waals surface area (Å²) in [4.78, 5) is 4.42. The minimum atomic E-state index is 0.407. The van der Waals surface area contributed by atoms with Crippen LogP contribution in [0, 0.1) is 13.8 Å². The second kappa shape index (κ2) is 8.72. The number of hydrogen-bond acceptors (Lipinski definition) is 4. The van der Waals surface area contributed by atoms with Gasteiger partial charge in [0.2, 0.25) is 0 Å². The topological polar surface area (TPSA) is 42.8 Å². The van der Waals surface area contributed by atoms with Crippen molar-refractivity contribution in [3.8, 4) is 11.5 Å². The maximum absolute atomic E-state index is 5.69. The predicted octanol–water partition coefficient (Wildman–Crippen LogP) is 5.49. The third-order valence-electron chi connectivity index (χ3n) is 3.91. The number of rotatable bonds is 7. The maximum atomic E-state index is 5.69. The number of aliphatic imine (C=N–C) groups is 1. The molecule has 1 N–H and O–H groups in total. The van der Waals surface area contributed by atoms with Crippen LogP contribution in [0.5, 0.6) is 11.5 Å². The Morgan fingerprint density at radius 1 is 0.846 bits per heavy atom. The second-order valence-electron chi connectivity index (χ2n) is 5.90. The van der Waals surface area contributed by atoms with E-state index in [0.29, 0.717) is 6.73 Å². The van der Waals surface area contributed by atoms with Crippen LogP contribution in [0.4, 0.5) is 11.4 Å². The van der Waals surface area contributed by atoms with Gasteiger partial charge in [0, 0.05) is 5.69 Å². The highest BCUT2D eigenvalue weighted by molar-refractivity contribution is 5.66. The highest BCUT2D eigenvalue weighted by Gasteiger charge is 2.04. The molecule has 3 rings (SSSR count). The smallest absolute Gasteiger partial charge is 0.181 e. The summed E-state index contributed by atoms with van der Waals surface area (Å²) in [5.41, 5.74) is 4.07. The maximum Gasteiger partial charge on any atom is 0.181 e. The number of benzene rings is 3. The number of para-hydroxylation sites is 2. The number of hydrogen-bond donors (Lipinski definition) is 1. The largest absolute Gasteiger partial charge is 0.473 e. The molecule has 132 valence electrons. The van der Waals surface area contributed by atoms with Crippen molar-refractivity contribution in [2.75, 3.05) is 12.0 Å². The molecule has 26 heavy (non-hydrogen) atoms. The van der Waals surface area contributed by atoms with Crippen LogP contribution in [0.25, 0.3) is 0 Å². The van der Waals surface area contributed by atoms with E-state index < -0.39 is 0 Å². The van der Waals surface area contributed by atoms with E-state index in [0.717, 1.165) is 34.0 Å². The monoisotopic (exact) mass is 346 g/mol. The lowest BCUT2D eigenvalue weighted by molar-refractivity contribution is 0.347. The summed E-state index contributed by atoms with van der Waals surface area (Å²) in [5.74, 6) is 1.61. The van der Waals surface area contributed by atoms with E-state index in [2.05, 4.69) is 16.4 Å². The van der Waals surface area contributed by atoms with Crippen LogP contribution < -0.4 is 14.8 Å². The molecule has 0 saturated heterocycles. The van der Waals surface area contributed by atoms with Crippen molar-refractivity contribution in [1.29, 1.82) is 0 Å². The number of nitrogens with one attached hydrogen (secondary N) is 1. The van der Waals surface area contributed by atoms with Gasteiger partial charge in [0.15, 0.2) is 13.1 Å². The van der Waals surface area contributed by atoms with Crippen LogP contribution in [0.15, 0.2) is 77.8 Å². The number of aryl methyl sites for hydroxylation is 2. The van der Waals surface area contributed by atoms with E-state index in [1.807, 2.05) is 80.6 Å². The van der Waals surface area contributed by atoms with Gasteiger partial charge in [0.25, 0.3) is 0 Å². The molecule has 0 radical (unpaired) electrons. The average molecular weight is 346 g/mol. The minimum Gasteiger partial charge on any atom is -0.473 e. The van der Waals surface area contributed by atoms with Gasteiger partial charge in [-0.1, -0.05) is 36.4 Å². The van der Waals surface area contributed by atoms with Crippen LogP contribution in [-0.4, -0.2) is 13.1 Å². The van der Waals surface area contributed by atoms with Crippen molar-refractivity contribution in [2.24, 2.45) is 4.99 Å².